The SMILES string of the molecule is COc1c(CN2O[C@@H](CO)[C@@H](I(C)O)[C@H]2C(=O)N[C@H]2C[C@H]3C[C@@H]([C@@H]2C)C3(C)C)cccc1-c1cc(C(=O)NCCc2ccccc2N(C)C)cc(N(C)C)c1. The summed E-state index contributed by atoms with van der Waals surface area (Å²) in [5, 5.41) is 18.5. The fourth-order valence-electron chi connectivity index (χ4n) is 9.26. The van der Waals surface area contributed by atoms with E-state index in [9.17, 15) is 18.1 Å². The Morgan fingerprint density at radius 3 is 2.38 bits per heavy atom. The minimum atomic E-state index is -2.66. The van der Waals surface area contributed by atoms with Gasteiger partial charge in [0.2, 0.25) is 0 Å². The number of ether oxygens (including phenoxy) is 1. The number of methoxy groups -OCH3 is 1. The van der Waals surface area contributed by atoms with Crippen molar-refractivity contribution in [2.24, 2.45) is 23.2 Å². The summed E-state index contributed by atoms with van der Waals surface area (Å²) < 4.78 is 16.7. The van der Waals surface area contributed by atoms with E-state index in [1.165, 1.54) is 6.42 Å². The number of fused-ring (bicyclic) bond motifs is 2. The van der Waals surface area contributed by atoms with Crippen LogP contribution in [0.1, 0.15) is 55.1 Å². The molecule has 2 bridgehead atoms. The topological polar surface area (TPSA) is 127 Å². The standard InChI is InChI=1S/C43H60IN5O6/c1-26-34-22-31(43(34,2)3)23-35(26)46-42(52)39-38(44(4)53)37(25-50)55-49(39)24-28-14-12-15-33(40(28)54-9)29-19-30(21-32(20-29)47(5)6)41(51)45-18-17-27-13-10-11-16-36(27)48(7)8/h10-16,19-21,26,31,34-35,37-39,50,53H,17-18,22-25H2,1-9H3,(H,45,51)(H,46,52)/t26-,31+,34-,35-,37-,38+,39-/m0/s1. The summed E-state index contributed by atoms with van der Waals surface area (Å²) in [7, 11) is 9.54. The molecule has 1 heterocycles. The molecule has 1 saturated heterocycles. The number of aliphatic hydroxyl groups is 1. The van der Waals surface area contributed by atoms with Crippen molar-refractivity contribution in [3.05, 3.63) is 77.4 Å². The summed E-state index contributed by atoms with van der Waals surface area (Å²) >= 11 is -2.66. The van der Waals surface area contributed by atoms with Gasteiger partial charge in [0.05, 0.1) is 0 Å². The molecule has 3 saturated carbocycles. The van der Waals surface area contributed by atoms with Crippen molar-refractivity contribution in [1.82, 2.24) is 15.7 Å². The normalized spacial score (nSPS) is 25.8. The fourth-order valence-corrected chi connectivity index (χ4v) is 12.5. The second-order valence-corrected chi connectivity index (χ2v) is 20.7. The van der Waals surface area contributed by atoms with E-state index in [1.807, 2.05) is 81.6 Å². The van der Waals surface area contributed by atoms with Gasteiger partial charge in [0, 0.05) is 26.3 Å². The molecule has 3 aromatic carbocycles. The number of nitrogens with one attached hydrogen (secondary N) is 2. The summed E-state index contributed by atoms with van der Waals surface area (Å²) in [5.41, 5.74) is 6.34. The predicted molar refractivity (Wildman–Crippen MR) is 228 cm³/mol. The first-order valence-electron chi connectivity index (χ1n) is 19.3. The Morgan fingerprint density at radius 2 is 1.75 bits per heavy atom. The Balaban J connectivity index is 1.25. The molecule has 4 fully saturated rings. The number of hydrogen-bond acceptors (Lipinski definition) is 9. The maximum atomic E-state index is 14.3. The zero-order chi connectivity index (χ0) is 39.8. The number of rotatable bonds is 14. The van der Waals surface area contributed by atoms with E-state index in [-0.39, 0.29) is 36.4 Å². The molecule has 300 valence electrons. The van der Waals surface area contributed by atoms with Crippen LogP contribution < -0.4 is 25.2 Å². The molecule has 11 nitrogen and oxygen atoms in total. The van der Waals surface area contributed by atoms with Crippen LogP contribution in [0.3, 0.4) is 0 Å². The molecule has 0 unspecified atom stereocenters. The van der Waals surface area contributed by atoms with E-state index in [1.54, 1.807) is 17.1 Å². The van der Waals surface area contributed by atoms with Crippen LogP contribution in [-0.4, -0.2) is 101 Å². The first-order chi connectivity index (χ1) is 26.2. The van der Waals surface area contributed by atoms with Crippen LogP contribution in [0.25, 0.3) is 11.1 Å². The van der Waals surface area contributed by atoms with Crippen molar-refractivity contribution in [1.29, 1.82) is 0 Å². The zero-order valence-electron chi connectivity index (χ0n) is 33.8. The van der Waals surface area contributed by atoms with Crippen LogP contribution in [0.15, 0.2) is 60.7 Å². The summed E-state index contributed by atoms with van der Waals surface area (Å²) in [6.07, 6.45) is 2.16. The van der Waals surface area contributed by atoms with Gasteiger partial charge in [-0.1, -0.05) is 18.2 Å². The number of hydroxylamine groups is 2. The number of amides is 2. The van der Waals surface area contributed by atoms with E-state index >= 15 is 0 Å². The summed E-state index contributed by atoms with van der Waals surface area (Å²) in [5.74, 6) is 1.76. The van der Waals surface area contributed by atoms with Gasteiger partial charge in [-0.05, 0) is 18.1 Å². The van der Waals surface area contributed by atoms with Gasteiger partial charge in [-0.25, -0.2) is 0 Å². The Labute approximate surface area is 334 Å². The van der Waals surface area contributed by atoms with E-state index < -0.39 is 36.3 Å². The Hall–Kier alpha value is -3.43. The molecule has 2 amide bonds. The zero-order valence-corrected chi connectivity index (χ0v) is 36.0. The molecule has 3 aromatic rings. The fraction of sp³-hybridized carbons (Fsp3) is 0.535. The number of carbonyl (C=O) groups is 2. The number of benzene rings is 3. The molecule has 0 aromatic heterocycles. The third kappa shape index (κ3) is 8.34. The predicted octanol–water partition coefficient (Wildman–Crippen LogP) is 5.54. The molecular weight excluding hydrogens is 809 g/mol. The second-order valence-electron chi connectivity index (χ2n) is 16.5. The molecular formula is C43H60IN5O6. The Morgan fingerprint density at radius 1 is 1.02 bits per heavy atom. The van der Waals surface area contributed by atoms with Crippen molar-refractivity contribution >= 4 is 43.4 Å². The van der Waals surface area contributed by atoms with Gasteiger partial charge in [0.1, 0.15) is 0 Å². The van der Waals surface area contributed by atoms with Crippen molar-refractivity contribution in [3.8, 4) is 16.9 Å². The summed E-state index contributed by atoms with van der Waals surface area (Å²) in [6.45, 7) is 7.31. The van der Waals surface area contributed by atoms with Gasteiger partial charge in [-0.3, -0.25) is 0 Å². The second kappa shape index (κ2) is 17.0. The molecule has 0 radical (unpaired) electrons. The van der Waals surface area contributed by atoms with Gasteiger partial charge >= 0.3 is 269 Å². The van der Waals surface area contributed by atoms with E-state index in [0.29, 0.717) is 42.0 Å². The number of alkyl halides is 2. The van der Waals surface area contributed by atoms with Crippen LogP contribution in [0, 0.1) is 23.2 Å². The quantitative estimate of drug-likeness (QED) is 0.122. The monoisotopic (exact) mass is 869 g/mol. The Kier molecular flexibility index (Phi) is 12.7. The van der Waals surface area contributed by atoms with E-state index in [4.69, 9.17) is 9.57 Å². The van der Waals surface area contributed by atoms with Crippen LogP contribution >= 0.6 is 20.2 Å². The van der Waals surface area contributed by atoms with Gasteiger partial charge in [-0.15, -0.1) is 0 Å². The molecule has 1 aliphatic heterocycles. The van der Waals surface area contributed by atoms with Crippen LogP contribution in [0.5, 0.6) is 5.75 Å². The van der Waals surface area contributed by atoms with E-state index in [2.05, 4.69) is 48.4 Å². The maximum absolute atomic E-state index is 14.3. The average Bonchev–Trinajstić information content (AvgIpc) is 3.53. The van der Waals surface area contributed by atoms with Gasteiger partial charge < -0.3 is 4.90 Å². The van der Waals surface area contributed by atoms with Gasteiger partial charge in [-0.2, -0.15) is 0 Å². The van der Waals surface area contributed by atoms with Crippen molar-refractivity contribution in [2.75, 3.05) is 63.2 Å². The molecule has 12 heteroatoms. The van der Waals surface area contributed by atoms with Gasteiger partial charge in [0.15, 0.2) is 0 Å². The number of para-hydroxylation sites is 2. The number of nitrogens with zero attached hydrogens (tertiary/aromatic N) is 3. The number of anilines is 2. The first kappa shape index (κ1) is 41.2. The molecule has 7 atom stereocenters. The minimum absolute atomic E-state index is 0.0554. The molecule has 4 N–H and O–H groups in total. The number of hydrogen-bond donors (Lipinski definition) is 4. The van der Waals surface area contributed by atoms with Crippen LogP contribution in [-0.2, 0) is 22.6 Å². The van der Waals surface area contributed by atoms with Crippen LogP contribution in [0.2, 0.25) is 0 Å². The van der Waals surface area contributed by atoms with Crippen molar-refractivity contribution in [2.45, 2.75) is 68.7 Å². The third-order valence-corrected chi connectivity index (χ3v) is 16.1. The average molecular weight is 870 g/mol. The van der Waals surface area contributed by atoms with Crippen LogP contribution in [0.4, 0.5) is 11.4 Å². The number of aliphatic hydroxyl groups excluding tert-OH is 1. The molecule has 4 aliphatic rings. The molecule has 3 aliphatic carbocycles. The summed E-state index contributed by atoms with van der Waals surface area (Å²) in [4.78, 5) is 40.1. The van der Waals surface area contributed by atoms with Crippen molar-refractivity contribution < 1.29 is 27.7 Å². The van der Waals surface area contributed by atoms with E-state index in [0.717, 1.165) is 40.0 Å². The number of halogens is 1. The molecule has 0 spiro atoms. The Bertz CT molecular complexity index is 1850. The van der Waals surface area contributed by atoms with Gasteiger partial charge in [0.25, 0.3) is 0 Å². The molecule has 55 heavy (non-hydrogen) atoms. The number of carbonyl (C=O) groups excluding carboxylic acids is 2. The summed E-state index contributed by atoms with van der Waals surface area (Å²) in [6, 6.07) is 19.1. The van der Waals surface area contributed by atoms with Crippen molar-refractivity contribution in [3.63, 3.8) is 0 Å². The first-order valence-corrected chi connectivity index (χ1v) is 23.7. The third-order valence-electron chi connectivity index (χ3n) is 12.5. The molecule has 7 rings (SSSR count).